The van der Waals surface area contributed by atoms with Crippen molar-refractivity contribution in [2.24, 2.45) is 0 Å². The van der Waals surface area contributed by atoms with E-state index >= 15 is 0 Å². The zero-order valence-electron chi connectivity index (χ0n) is 13.5. The van der Waals surface area contributed by atoms with Gasteiger partial charge in [0.2, 0.25) is 0 Å². The molecule has 0 N–H and O–H groups in total. The summed E-state index contributed by atoms with van der Waals surface area (Å²) in [5.41, 5.74) is 0.695. The number of thiophene rings is 1. The highest BCUT2D eigenvalue weighted by atomic mass is 32.1. The van der Waals surface area contributed by atoms with E-state index in [4.69, 9.17) is 9.47 Å². The molecule has 2 aromatic rings. The quantitative estimate of drug-likeness (QED) is 0.802. The fourth-order valence-corrected chi connectivity index (χ4v) is 4.49. The molecule has 0 aliphatic heterocycles. The molecule has 1 unspecified atom stereocenters. The number of hydrogen-bond donors (Lipinski definition) is 0. The fourth-order valence-electron chi connectivity index (χ4n) is 3.18. The van der Waals surface area contributed by atoms with Crippen molar-refractivity contribution < 1.29 is 14.3 Å². The van der Waals surface area contributed by atoms with Gasteiger partial charge in [-0.2, -0.15) is 0 Å². The van der Waals surface area contributed by atoms with Crippen LogP contribution in [-0.4, -0.2) is 29.2 Å². The maximum atomic E-state index is 12.9. The van der Waals surface area contributed by atoms with E-state index in [1.54, 1.807) is 21.0 Å². The molecule has 0 saturated carbocycles. The van der Waals surface area contributed by atoms with Crippen molar-refractivity contribution >= 4 is 27.5 Å². The van der Waals surface area contributed by atoms with Crippen LogP contribution in [0.1, 0.15) is 41.9 Å². The van der Waals surface area contributed by atoms with E-state index in [1.165, 1.54) is 15.9 Å². The van der Waals surface area contributed by atoms with Gasteiger partial charge in [0.25, 0.3) is 5.56 Å². The average Bonchev–Trinajstić information content (AvgIpc) is 2.89. The van der Waals surface area contributed by atoms with Crippen LogP contribution in [-0.2, 0) is 27.4 Å². The largest absolute Gasteiger partial charge is 0.466 e. The lowest BCUT2D eigenvalue weighted by Crippen LogP contribution is -2.27. The maximum Gasteiger partial charge on any atom is 0.313 e. The number of fused-ring (bicyclic) bond motifs is 3. The summed E-state index contributed by atoms with van der Waals surface area (Å²) in [6.07, 6.45) is 2.53. The minimum absolute atomic E-state index is 0.136. The van der Waals surface area contributed by atoms with Crippen molar-refractivity contribution in [1.82, 2.24) is 9.55 Å². The Balaban J connectivity index is 2.23. The summed E-state index contributed by atoms with van der Waals surface area (Å²) in [5, 5.41) is 0.561. The van der Waals surface area contributed by atoms with Crippen molar-refractivity contribution in [3.8, 4) is 0 Å². The zero-order chi connectivity index (χ0) is 16.6. The lowest BCUT2D eigenvalue weighted by atomic mass is 9.86. The number of rotatable bonds is 4. The van der Waals surface area contributed by atoms with Gasteiger partial charge in [-0.25, -0.2) is 4.98 Å². The Morgan fingerprint density at radius 3 is 2.96 bits per heavy atom. The average molecular weight is 336 g/mol. The predicted molar refractivity (Wildman–Crippen MR) is 87.9 cm³/mol. The molecule has 0 spiro atoms. The second kappa shape index (κ2) is 6.41. The Labute approximate surface area is 138 Å². The molecular weight excluding hydrogens is 316 g/mol. The van der Waals surface area contributed by atoms with Crippen LogP contribution in [0, 0.1) is 6.92 Å². The number of aryl methyl sites for hydroxylation is 2. The van der Waals surface area contributed by atoms with Crippen LogP contribution in [0.4, 0.5) is 0 Å². The molecule has 2 aromatic heterocycles. The summed E-state index contributed by atoms with van der Waals surface area (Å²) in [5.74, 6) is 0.0164. The first-order valence-electron chi connectivity index (χ1n) is 7.76. The van der Waals surface area contributed by atoms with Gasteiger partial charge in [0, 0.05) is 12.0 Å². The minimum atomic E-state index is -0.361. The normalized spacial score (nSPS) is 17.3. The second-order valence-electron chi connectivity index (χ2n) is 5.63. The first kappa shape index (κ1) is 16.1. The molecule has 1 aliphatic carbocycles. The van der Waals surface area contributed by atoms with E-state index < -0.39 is 0 Å². The first-order chi connectivity index (χ1) is 11.1. The van der Waals surface area contributed by atoms with E-state index in [2.05, 4.69) is 4.98 Å². The number of hydrogen-bond acceptors (Lipinski definition) is 6. The van der Waals surface area contributed by atoms with Crippen molar-refractivity contribution in [3.63, 3.8) is 0 Å². The first-order valence-corrected chi connectivity index (χ1v) is 8.58. The van der Waals surface area contributed by atoms with E-state index in [-0.39, 0.29) is 24.2 Å². The second-order valence-corrected chi connectivity index (χ2v) is 6.71. The molecule has 1 atom stereocenters. The van der Waals surface area contributed by atoms with Gasteiger partial charge in [0.05, 0.1) is 17.9 Å². The number of esters is 1. The molecular formula is C16H20N2O4S. The summed E-state index contributed by atoms with van der Waals surface area (Å²) in [6, 6.07) is 0. The van der Waals surface area contributed by atoms with Crippen molar-refractivity contribution in [2.45, 2.75) is 45.8 Å². The van der Waals surface area contributed by atoms with E-state index in [0.717, 1.165) is 29.7 Å². The topological polar surface area (TPSA) is 70.4 Å². The number of ether oxygens (including phenoxy) is 2. The number of methoxy groups -OCH3 is 1. The SMILES string of the molecule is CCOC(=O)C1CCCc2sc3nc(C)n(COC)c(=O)c3c21. The lowest BCUT2D eigenvalue weighted by molar-refractivity contribution is -0.145. The van der Waals surface area contributed by atoms with Crippen LogP contribution in [0.2, 0.25) is 0 Å². The van der Waals surface area contributed by atoms with Gasteiger partial charge in [-0.05, 0) is 38.7 Å². The number of aromatic nitrogens is 2. The summed E-state index contributed by atoms with van der Waals surface area (Å²) < 4.78 is 11.8. The Hall–Kier alpha value is -1.73. The number of nitrogens with zero attached hydrogens (tertiary/aromatic N) is 2. The molecule has 1 aliphatic rings. The molecule has 23 heavy (non-hydrogen) atoms. The van der Waals surface area contributed by atoms with E-state index in [0.29, 0.717) is 22.6 Å². The maximum absolute atomic E-state index is 12.9. The molecule has 0 fully saturated rings. The molecule has 0 amide bonds. The summed E-state index contributed by atoms with van der Waals surface area (Å²) >= 11 is 1.52. The number of carbonyl (C=O) groups is 1. The lowest BCUT2D eigenvalue weighted by Gasteiger charge is -2.21. The third-order valence-corrected chi connectivity index (χ3v) is 5.35. The van der Waals surface area contributed by atoms with Gasteiger partial charge in [-0.15, -0.1) is 11.3 Å². The molecule has 0 aromatic carbocycles. The van der Waals surface area contributed by atoms with Gasteiger partial charge in [-0.3, -0.25) is 14.2 Å². The van der Waals surface area contributed by atoms with Crippen LogP contribution in [0.15, 0.2) is 4.79 Å². The Kier molecular flexibility index (Phi) is 4.50. The molecule has 124 valence electrons. The highest BCUT2D eigenvalue weighted by Gasteiger charge is 2.33. The van der Waals surface area contributed by atoms with Crippen LogP contribution >= 0.6 is 11.3 Å². The zero-order valence-corrected chi connectivity index (χ0v) is 14.4. The smallest absolute Gasteiger partial charge is 0.313 e. The van der Waals surface area contributed by atoms with Crippen molar-refractivity contribution in [1.29, 1.82) is 0 Å². The van der Waals surface area contributed by atoms with Gasteiger partial charge < -0.3 is 9.47 Å². The van der Waals surface area contributed by atoms with Crippen LogP contribution in [0.3, 0.4) is 0 Å². The molecule has 2 heterocycles. The predicted octanol–water partition coefficient (Wildman–Crippen LogP) is 2.35. The summed E-state index contributed by atoms with van der Waals surface area (Å²) in [7, 11) is 1.54. The van der Waals surface area contributed by atoms with E-state index in [9.17, 15) is 9.59 Å². The van der Waals surface area contributed by atoms with Crippen LogP contribution in [0.25, 0.3) is 10.2 Å². The standard InChI is InChI=1S/C16H20N2O4S/c1-4-22-16(20)10-6-5-7-11-12(10)13-14(23-11)17-9(2)18(8-21-3)15(13)19/h10H,4-8H2,1-3H3. The molecule has 0 bridgehead atoms. The fraction of sp³-hybridized carbons (Fsp3) is 0.562. The highest BCUT2D eigenvalue weighted by Crippen LogP contribution is 2.41. The number of carbonyl (C=O) groups excluding carboxylic acids is 1. The van der Waals surface area contributed by atoms with Gasteiger partial charge in [0.1, 0.15) is 17.4 Å². The molecule has 0 saturated heterocycles. The highest BCUT2D eigenvalue weighted by molar-refractivity contribution is 7.18. The molecule has 6 nitrogen and oxygen atoms in total. The van der Waals surface area contributed by atoms with Crippen molar-refractivity contribution in [3.05, 3.63) is 26.6 Å². The van der Waals surface area contributed by atoms with Crippen molar-refractivity contribution in [2.75, 3.05) is 13.7 Å². The minimum Gasteiger partial charge on any atom is -0.466 e. The Bertz CT molecular complexity index is 808. The third-order valence-electron chi connectivity index (χ3n) is 4.19. The van der Waals surface area contributed by atoms with E-state index in [1.807, 2.05) is 0 Å². The Morgan fingerprint density at radius 1 is 1.48 bits per heavy atom. The summed E-state index contributed by atoms with van der Waals surface area (Å²) in [4.78, 5) is 31.6. The monoisotopic (exact) mass is 336 g/mol. The Morgan fingerprint density at radius 2 is 2.26 bits per heavy atom. The van der Waals surface area contributed by atoms with Crippen LogP contribution in [0.5, 0.6) is 0 Å². The van der Waals surface area contributed by atoms with Gasteiger partial charge in [-0.1, -0.05) is 0 Å². The third kappa shape index (κ3) is 2.68. The molecule has 3 rings (SSSR count). The summed E-state index contributed by atoms with van der Waals surface area (Å²) in [6.45, 7) is 4.09. The van der Waals surface area contributed by atoms with Gasteiger partial charge >= 0.3 is 5.97 Å². The van der Waals surface area contributed by atoms with Gasteiger partial charge in [0.15, 0.2) is 0 Å². The molecule has 7 heteroatoms. The van der Waals surface area contributed by atoms with Crippen LogP contribution < -0.4 is 5.56 Å². The molecule has 0 radical (unpaired) electrons.